The first-order valence-electron chi connectivity index (χ1n) is 7.70. The van der Waals surface area contributed by atoms with E-state index in [1.165, 1.54) is 0 Å². The zero-order valence-electron chi connectivity index (χ0n) is 12.8. The van der Waals surface area contributed by atoms with Crippen molar-refractivity contribution in [3.05, 3.63) is 47.3 Å². The van der Waals surface area contributed by atoms with Crippen LogP contribution in [-0.2, 0) is 4.74 Å². The van der Waals surface area contributed by atoms with Crippen molar-refractivity contribution in [2.45, 2.75) is 19.0 Å². The van der Waals surface area contributed by atoms with Gasteiger partial charge < -0.3 is 10.1 Å². The maximum absolute atomic E-state index is 9.52. The van der Waals surface area contributed by atoms with Gasteiger partial charge in [-0.3, -0.25) is 10.3 Å². The van der Waals surface area contributed by atoms with Crippen LogP contribution in [0.2, 0.25) is 5.02 Å². The Morgan fingerprint density at radius 2 is 2.30 bits per heavy atom. The molecule has 0 saturated carbocycles. The van der Waals surface area contributed by atoms with Crippen LogP contribution in [-0.4, -0.2) is 30.9 Å². The minimum absolute atomic E-state index is 0.0349. The fourth-order valence-electron chi connectivity index (χ4n) is 2.80. The Balaban J connectivity index is 1.63. The number of nitriles is 1. The summed E-state index contributed by atoms with van der Waals surface area (Å²) in [6.07, 6.45) is 10.9. The Bertz CT molecular complexity index is 659. The molecule has 1 aromatic rings. The van der Waals surface area contributed by atoms with E-state index in [1.807, 2.05) is 24.3 Å². The standard InChI is InChI=1S/C17H19ClN4O/c18-14-10-20-7-4-13(14)15-2-1-3-16(22-15)21-12-17(11-19)5-8-23-9-6-17/h1-4,7,10,16,21-22H,5-6,8-9,12H2. The molecule has 0 aromatic carbocycles. The van der Waals surface area contributed by atoms with Crippen LogP contribution in [0.4, 0.5) is 0 Å². The third-order valence-corrected chi connectivity index (χ3v) is 4.59. The topological polar surface area (TPSA) is 70.0 Å². The van der Waals surface area contributed by atoms with Crippen LogP contribution in [0.3, 0.4) is 0 Å². The number of hydrogen-bond donors (Lipinski definition) is 2. The van der Waals surface area contributed by atoms with E-state index in [4.69, 9.17) is 16.3 Å². The van der Waals surface area contributed by atoms with E-state index in [0.717, 1.165) is 24.1 Å². The Morgan fingerprint density at radius 3 is 3.04 bits per heavy atom. The van der Waals surface area contributed by atoms with Gasteiger partial charge in [0.05, 0.1) is 22.7 Å². The minimum Gasteiger partial charge on any atom is -0.381 e. The van der Waals surface area contributed by atoms with Gasteiger partial charge in [0, 0.05) is 43.4 Å². The molecule has 1 aromatic heterocycles. The number of ether oxygens (including phenoxy) is 1. The lowest BCUT2D eigenvalue weighted by Crippen LogP contribution is -2.47. The highest BCUT2D eigenvalue weighted by Gasteiger charge is 2.33. The number of hydrogen-bond acceptors (Lipinski definition) is 5. The van der Waals surface area contributed by atoms with Crippen molar-refractivity contribution in [2.75, 3.05) is 19.8 Å². The first-order valence-corrected chi connectivity index (χ1v) is 8.08. The Morgan fingerprint density at radius 1 is 1.48 bits per heavy atom. The van der Waals surface area contributed by atoms with Crippen LogP contribution in [0, 0.1) is 16.7 Å². The molecule has 2 aliphatic heterocycles. The average Bonchev–Trinajstić information content (AvgIpc) is 2.61. The summed E-state index contributed by atoms with van der Waals surface area (Å²) in [4.78, 5) is 4.01. The molecule has 1 atom stereocenters. The Kier molecular flexibility index (Phi) is 4.97. The van der Waals surface area contributed by atoms with Crippen LogP contribution in [0.15, 0.2) is 36.7 Å². The number of allylic oxidation sites excluding steroid dienone is 2. The van der Waals surface area contributed by atoms with Crippen molar-refractivity contribution in [2.24, 2.45) is 5.41 Å². The lowest BCUT2D eigenvalue weighted by atomic mass is 9.81. The van der Waals surface area contributed by atoms with Crippen molar-refractivity contribution < 1.29 is 4.74 Å². The molecule has 1 saturated heterocycles. The molecule has 2 aliphatic rings. The van der Waals surface area contributed by atoms with Gasteiger partial charge >= 0.3 is 0 Å². The summed E-state index contributed by atoms with van der Waals surface area (Å²) in [6, 6.07) is 4.35. The molecular weight excluding hydrogens is 312 g/mol. The lowest BCUT2D eigenvalue weighted by Gasteiger charge is -2.33. The van der Waals surface area contributed by atoms with Gasteiger partial charge in [-0.1, -0.05) is 17.7 Å². The van der Waals surface area contributed by atoms with Crippen molar-refractivity contribution in [1.29, 1.82) is 5.26 Å². The van der Waals surface area contributed by atoms with Crippen LogP contribution in [0.1, 0.15) is 18.4 Å². The quantitative estimate of drug-likeness (QED) is 0.887. The van der Waals surface area contributed by atoms with Gasteiger partial charge in [-0.05, 0) is 31.1 Å². The Hall–Kier alpha value is -1.87. The van der Waals surface area contributed by atoms with Gasteiger partial charge in [0.25, 0.3) is 0 Å². The van der Waals surface area contributed by atoms with E-state index >= 15 is 0 Å². The smallest absolute Gasteiger partial charge is 0.0964 e. The molecular formula is C17H19ClN4O. The third-order valence-electron chi connectivity index (χ3n) is 4.29. The molecule has 3 heterocycles. The second-order valence-electron chi connectivity index (χ2n) is 5.83. The average molecular weight is 331 g/mol. The number of dihydropyridines is 1. The lowest BCUT2D eigenvalue weighted by molar-refractivity contribution is 0.0397. The zero-order valence-corrected chi connectivity index (χ0v) is 13.5. The van der Waals surface area contributed by atoms with Crippen molar-refractivity contribution in [1.82, 2.24) is 15.6 Å². The van der Waals surface area contributed by atoms with Gasteiger partial charge in [0.15, 0.2) is 0 Å². The molecule has 120 valence electrons. The molecule has 0 spiro atoms. The number of pyridine rings is 1. The molecule has 1 unspecified atom stereocenters. The van der Waals surface area contributed by atoms with E-state index < -0.39 is 0 Å². The highest BCUT2D eigenvalue weighted by molar-refractivity contribution is 6.32. The Labute approximate surface area is 141 Å². The highest BCUT2D eigenvalue weighted by atomic mass is 35.5. The summed E-state index contributed by atoms with van der Waals surface area (Å²) in [7, 11) is 0. The molecule has 1 fully saturated rings. The number of nitrogens with one attached hydrogen (secondary N) is 2. The summed E-state index contributed by atoms with van der Waals surface area (Å²) in [5.41, 5.74) is 1.51. The van der Waals surface area contributed by atoms with E-state index in [2.05, 4.69) is 21.7 Å². The number of rotatable bonds is 4. The normalized spacial score (nSPS) is 22.8. The monoisotopic (exact) mass is 330 g/mol. The fraction of sp³-hybridized carbons (Fsp3) is 0.412. The first kappa shape index (κ1) is 16.0. The number of aromatic nitrogens is 1. The van der Waals surface area contributed by atoms with Gasteiger partial charge in [-0.15, -0.1) is 0 Å². The largest absolute Gasteiger partial charge is 0.381 e. The molecule has 0 aliphatic carbocycles. The van der Waals surface area contributed by atoms with E-state index in [9.17, 15) is 5.26 Å². The SMILES string of the molecule is N#CC1(CNC2C=CC=C(c3ccncc3Cl)N2)CCOCC1. The minimum atomic E-state index is -0.344. The summed E-state index contributed by atoms with van der Waals surface area (Å²) >= 11 is 6.20. The second kappa shape index (κ2) is 7.14. The molecule has 3 rings (SSSR count). The third kappa shape index (κ3) is 3.73. The maximum Gasteiger partial charge on any atom is 0.0964 e. The van der Waals surface area contributed by atoms with Gasteiger partial charge in [0.2, 0.25) is 0 Å². The molecule has 0 radical (unpaired) electrons. The predicted molar refractivity (Wildman–Crippen MR) is 89.4 cm³/mol. The fourth-order valence-corrected chi connectivity index (χ4v) is 3.02. The predicted octanol–water partition coefficient (Wildman–Crippen LogP) is 2.47. The zero-order chi connectivity index (χ0) is 16.1. The van der Waals surface area contributed by atoms with Crippen molar-refractivity contribution in [3.63, 3.8) is 0 Å². The van der Waals surface area contributed by atoms with Gasteiger partial charge in [-0.2, -0.15) is 5.26 Å². The highest BCUT2D eigenvalue weighted by Crippen LogP contribution is 2.29. The number of nitrogens with zero attached hydrogens (tertiary/aromatic N) is 2. The van der Waals surface area contributed by atoms with E-state index in [0.29, 0.717) is 24.8 Å². The molecule has 0 bridgehead atoms. The van der Waals surface area contributed by atoms with Gasteiger partial charge in [0.1, 0.15) is 0 Å². The first-order chi connectivity index (χ1) is 11.2. The van der Waals surface area contributed by atoms with Crippen molar-refractivity contribution >= 4 is 17.3 Å². The summed E-state index contributed by atoms with van der Waals surface area (Å²) < 4.78 is 5.37. The summed E-state index contributed by atoms with van der Waals surface area (Å²) in [5.74, 6) is 0. The van der Waals surface area contributed by atoms with E-state index in [1.54, 1.807) is 12.4 Å². The van der Waals surface area contributed by atoms with Crippen LogP contribution < -0.4 is 10.6 Å². The van der Waals surface area contributed by atoms with Crippen LogP contribution in [0.5, 0.6) is 0 Å². The van der Waals surface area contributed by atoms with Crippen molar-refractivity contribution in [3.8, 4) is 6.07 Å². The number of halogens is 1. The van der Waals surface area contributed by atoms with Crippen LogP contribution >= 0.6 is 11.6 Å². The van der Waals surface area contributed by atoms with Crippen LogP contribution in [0.25, 0.3) is 5.70 Å². The summed E-state index contributed by atoms with van der Waals surface area (Å²) in [5, 5.41) is 17.0. The summed E-state index contributed by atoms with van der Waals surface area (Å²) in [6.45, 7) is 1.94. The molecule has 23 heavy (non-hydrogen) atoms. The van der Waals surface area contributed by atoms with Gasteiger partial charge in [-0.25, -0.2) is 0 Å². The molecule has 0 amide bonds. The maximum atomic E-state index is 9.52. The second-order valence-corrected chi connectivity index (χ2v) is 6.24. The molecule has 2 N–H and O–H groups in total. The van der Waals surface area contributed by atoms with E-state index in [-0.39, 0.29) is 11.6 Å². The molecule has 6 heteroatoms. The molecule has 5 nitrogen and oxygen atoms in total.